The van der Waals surface area contributed by atoms with E-state index in [2.05, 4.69) is 20.6 Å². The molecule has 2 heterocycles. The molecule has 1 aliphatic rings. The third-order valence-electron chi connectivity index (χ3n) is 4.54. The monoisotopic (exact) mass is 441 g/mol. The molecule has 10 nitrogen and oxygen atoms in total. The Balaban J connectivity index is 1.77. The number of rotatable bonds is 5. The number of nitrogens with one attached hydrogen (secondary N) is 2. The van der Waals surface area contributed by atoms with Crippen LogP contribution in [0.5, 0.6) is 0 Å². The molecule has 2 aromatic rings. The summed E-state index contributed by atoms with van der Waals surface area (Å²) < 4.78 is 10.5. The van der Waals surface area contributed by atoms with Gasteiger partial charge < -0.3 is 25.0 Å². The van der Waals surface area contributed by atoms with Crippen molar-refractivity contribution in [1.82, 2.24) is 15.3 Å². The molecule has 1 aliphatic heterocycles. The number of carbonyl (C=O) groups is 3. The summed E-state index contributed by atoms with van der Waals surface area (Å²) in [6.45, 7) is 8.04. The normalized spacial score (nSPS) is 15.1. The average molecular weight is 441 g/mol. The summed E-state index contributed by atoms with van der Waals surface area (Å²) in [7, 11) is 0. The number of alkyl carbamates (subject to hydrolysis) is 1. The number of ether oxygens (including phenoxy) is 2. The molecule has 170 valence electrons. The Hall–Kier alpha value is -3.53. The Labute approximate surface area is 186 Å². The molecular formula is C22H27N5O5. The maximum Gasteiger partial charge on any atom is 0.408 e. The van der Waals surface area contributed by atoms with E-state index in [1.807, 2.05) is 6.92 Å². The molecule has 1 aromatic carbocycles. The van der Waals surface area contributed by atoms with E-state index in [0.29, 0.717) is 18.8 Å². The number of carbonyl (C=O) groups excluding carboxylic acids is 3. The number of hydrogen-bond donors (Lipinski definition) is 2. The van der Waals surface area contributed by atoms with Crippen molar-refractivity contribution in [1.29, 1.82) is 0 Å². The Bertz CT molecular complexity index is 990. The number of benzene rings is 1. The van der Waals surface area contributed by atoms with Gasteiger partial charge in [-0.25, -0.2) is 4.79 Å². The molecule has 0 saturated carbocycles. The van der Waals surface area contributed by atoms with Gasteiger partial charge >= 0.3 is 6.09 Å². The second-order valence-electron chi connectivity index (χ2n) is 8.30. The van der Waals surface area contributed by atoms with Crippen molar-refractivity contribution in [2.24, 2.45) is 0 Å². The number of morpholine rings is 1. The third kappa shape index (κ3) is 6.01. The van der Waals surface area contributed by atoms with E-state index >= 15 is 0 Å². The molecule has 3 amide bonds. The predicted molar refractivity (Wildman–Crippen MR) is 117 cm³/mol. The Morgan fingerprint density at radius 2 is 2.03 bits per heavy atom. The second-order valence-corrected chi connectivity index (χ2v) is 8.30. The van der Waals surface area contributed by atoms with Crippen molar-refractivity contribution < 1.29 is 23.9 Å². The van der Waals surface area contributed by atoms with Crippen LogP contribution in [0.25, 0.3) is 0 Å². The zero-order valence-electron chi connectivity index (χ0n) is 18.5. The van der Waals surface area contributed by atoms with Crippen LogP contribution in [0.1, 0.15) is 38.1 Å². The van der Waals surface area contributed by atoms with Crippen LogP contribution in [-0.2, 0) is 19.1 Å². The second kappa shape index (κ2) is 9.73. The van der Waals surface area contributed by atoms with Gasteiger partial charge in [-0.15, -0.1) is 0 Å². The Morgan fingerprint density at radius 3 is 2.66 bits per heavy atom. The van der Waals surface area contributed by atoms with Gasteiger partial charge in [0.15, 0.2) is 6.04 Å². The Kier molecular flexibility index (Phi) is 7.04. The van der Waals surface area contributed by atoms with Gasteiger partial charge in [0.25, 0.3) is 11.8 Å². The summed E-state index contributed by atoms with van der Waals surface area (Å²) >= 11 is 0. The van der Waals surface area contributed by atoms with Gasteiger partial charge in [-0.05, 0) is 51.5 Å². The first-order valence-electron chi connectivity index (χ1n) is 10.2. The van der Waals surface area contributed by atoms with Crippen LogP contribution in [0.3, 0.4) is 0 Å². The van der Waals surface area contributed by atoms with Gasteiger partial charge in [0.05, 0.1) is 18.5 Å². The van der Waals surface area contributed by atoms with Crippen LogP contribution in [0.2, 0.25) is 0 Å². The van der Waals surface area contributed by atoms with Gasteiger partial charge in [0, 0.05) is 30.3 Å². The quantitative estimate of drug-likeness (QED) is 0.730. The fraction of sp³-hybridized carbons (Fsp3) is 0.409. The number of nitrogens with zero attached hydrogens (tertiary/aromatic N) is 3. The molecule has 1 saturated heterocycles. The van der Waals surface area contributed by atoms with Crippen molar-refractivity contribution in [3.8, 4) is 0 Å². The fourth-order valence-electron chi connectivity index (χ4n) is 3.18. The zero-order chi connectivity index (χ0) is 23.3. The minimum Gasteiger partial charge on any atom is -0.444 e. The molecule has 32 heavy (non-hydrogen) atoms. The molecule has 1 unspecified atom stereocenters. The lowest BCUT2D eigenvalue weighted by atomic mass is 10.1. The molecule has 0 spiro atoms. The highest BCUT2D eigenvalue weighted by Gasteiger charge is 2.28. The first-order valence-corrected chi connectivity index (χ1v) is 10.2. The van der Waals surface area contributed by atoms with Crippen molar-refractivity contribution in [3.05, 3.63) is 48.0 Å². The van der Waals surface area contributed by atoms with E-state index in [4.69, 9.17) is 9.47 Å². The Morgan fingerprint density at radius 1 is 1.25 bits per heavy atom. The van der Waals surface area contributed by atoms with Crippen LogP contribution >= 0.6 is 0 Å². The van der Waals surface area contributed by atoms with Crippen molar-refractivity contribution in [2.45, 2.75) is 39.3 Å². The number of hydrogen-bond acceptors (Lipinski definition) is 7. The van der Waals surface area contributed by atoms with Gasteiger partial charge in [-0.3, -0.25) is 19.6 Å². The molecule has 1 fully saturated rings. The van der Waals surface area contributed by atoms with E-state index < -0.39 is 23.6 Å². The number of amides is 3. The topological polar surface area (TPSA) is 123 Å². The molecule has 3 rings (SSSR count). The van der Waals surface area contributed by atoms with E-state index in [1.165, 1.54) is 18.6 Å². The minimum atomic E-state index is -1.11. The highest BCUT2D eigenvalue weighted by molar-refractivity contribution is 5.98. The minimum absolute atomic E-state index is 0.0497. The summed E-state index contributed by atoms with van der Waals surface area (Å²) in [4.78, 5) is 47.2. The van der Waals surface area contributed by atoms with Gasteiger partial charge in [0.2, 0.25) is 0 Å². The average Bonchev–Trinajstić information content (AvgIpc) is 2.72. The molecule has 10 heteroatoms. The maximum atomic E-state index is 13.0. The summed E-state index contributed by atoms with van der Waals surface area (Å²) in [6, 6.07) is 4.12. The predicted octanol–water partition coefficient (Wildman–Crippen LogP) is 2.35. The third-order valence-corrected chi connectivity index (χ3v) is 4.54. The zero-order valence-corrected chi connectivity index (χ0v) is 18.5. The summed E-state index contributed by atoms with van der Waals surface area (Å²) in [6.07, 6.45) is 3.56. The number of aromatic nitrogens is 2. The molecular weight excluding hydrogens is 414 g/mol. The first kappa shape index (κ1) is 23.1. The smallest absolute Gasteiger partial charge is 0.408 e. The van der Waals surface area contributed by atoms with Crippen LogP contribution in [-0.4, -0.2) is 53.2 Å². The molecule has 1 aromatic heterocycles. The maximum absolute atomic E-state index is 13.0. The SMILES string of the molecule is Cc1cc(NC(=O)C(NC(=O)OC(C)(C)C)c2cnccn2)ccc1N1CCOCC1=O. The molecule has 0 radical (unpaired) electrons. The first-order chi connectivity index (χ1) is 15.1. The lowest BCUT2D eigenvalue weighted by Crippen LogP contribution is -2.42. The summed E-state index contributed by atoms with van der Waals surface area (Å²) in [5, 5.41) is 5.34. The summed E-state index contributed by atoms with van der Waals surface area (Å²) in [5.41, 5.74) is 1.62. The largest absolute Gasteiger partial charge is 0.444 e. The highest BCUT2D eigenvalue weighted by Crippen LogP contribution is 2.25. The van der Waals surface area contributed by atoms with Gasteiger partial charge in [0.1, 0.15) is 12.2 Å². The van der Waals surface area contributed by atoms with Crippen LogP contribution in [0.4, 0.5) is 16.2 Å². The van der Waals surface area contributed by atoms with Crippen molar-refractivity contribution in [3.63, 3.8) is 0 Å². The van der Waals surface area contributed by atoms with E-state index in [0.717, 1.165) is 11.3 Å². The highest BCUT2D eigenvalue weighted by atomic mass is 16.6. The molecule has 0 bridgehead atoms. The standard InChI is InChI=1S/C22H27N5O5/c1-14-11-15(5-6-17(14)27-9-10-31-13-18(27)28)25-20(29)19(16-12-23-7-8-24-16)26-21(30)32-22(2,3)4/h5-8,11-12,19H,9-10,13H2,1-4H3,(H,25,29)(H,26,30). The van der Waals surface area contributed by atoms with Gasteiger partial charge in [-0.2, -0.15) is 0 Å². The van der Waals surface area contributed by atoms with E-state index in [1.54, 1.807) is 43.9 Å². The summed E-state index contributed by atoms with van der Waals surface area (Å²) in [5.74, 6) is -0.619. The van der Waals surface area contributed by atoms with Crippen LogP contribution in [0.15, 0.2) is 36.8 Å². The van der Waals surface area contributed by atoms with Gasteiger partial charge in [-0.1, -0.05) is 0 Å². The molecule has 2 N–H and O–H groups in total. The van der Waals surface area contributed by atoms with Crippen molar-refractivity contribution in [2.75, 3.05) is 30.0 Å². The lowest BCUT2D eigenvalue weighted by molar-refractivity contribution is -0.125. The number of aryl methyl sites for hydroxylation is 1. The lowest BCUT2D eigenvalue weighted by Gasteiger charge is -2.28. The van der Waals surface area contributed by atoms with Crippen LogP contribution < -0.4 is 15.5 Å². The number of anilines is 2. The molecule has 1 atom stereocenters. The fourth-order valence-corrected chi connectivity index (χ4v) is 3.18. The van der Waals surface area contributed by atoms with E-state index in [9.17, 15) is 14.4 Å². The van der Waals surface area contributed by atoms with Crippen LogP contribution in [0, 0.1) is 6.92 Å². The van der Waals surface area contributed by atoms with Crippen molar-refractivity contribution >= 4 is 29.3 Å². The van der Waals surface area contributed by atoms with E-state index in [-0.39, 0.29) is 18.2 Å². The molecule has 0 aliphatic carbocycles.